The molecule has 1 amide bonds. The van der Waals surface area contributed by atoms with Crippen LogP contribution in [-0.4, -0.2) is 59.9 Å². The van der Waals surface area contributed by atoms with Gasteiger partial charge in [0.05, 0.1) is 13.2 Å². The number of hydrogen-bond donors (Lipinski definition) is 0. The molecular weight excluding hydrogens is 344 g/mol. The van der Waals surface area contributed by atoms with E-state index in [2.05, 4.69) is 22.1 Å². The Kier molecular flexibility index (Phi) is 5.05. The molecule has 7 nitrogen and oxygen atoms in total. The van der Waals surface area contributed by atoms with Gasteiger partial charge in [-0.05, 0) is 5.56 Å². The van der Waals surface area contributed by atoms with Crippen LogP contribution in [0, 0.1) is 0 Å². The lowest BCUT2D eigenvalue weighted by Gasteiger charge is -2.37. The summed E-state index contributed by atoms with van der Waals surface area (Å²) >= 11 is 0. The number of hydrogen-bond acceptors (Lipinski definition) is 6. The maximum atomic E-state index is 12.9. The number of benzene rings is 1. The van der Waals surface area contributed by atoms with E-state index in [9.17, 15) is 4.79 Å². The fourth-order valence-corrected chi connectivity index (χ4v) is 3.61. The maximum absolute atomic E-state index is 12.9. The standard InChI is InChI=1S/C20H24N4O3/c1-23(14-16-5-3-2-4-6-16)18-13-17(21-15-22-18)19(25)24-9-7-20(8-10-24)26-11-12-27-20/h2-6,13,15H,7-12,14H2,1H3. The molecule has 4 rings (SSSR count). The summed E-state index contributed by atoms with van der Waals surface area (Å²) in [5.41, 5.74) is 1.61. The molecule has 1 aromatic heterocycles. The Bertz CT molecular complexity index is 783. The van der Waals surface area contributed by atoms with Crippen molar-refractivity contribution in [3.05, 3.63) is 54.0 Å². The zero-order valence-electron chi connectivity index (χ0n) is 15.5. The minimum atomic E-state index is -0.483. The molecule has 0 radical (unpaired) electrons. The number of anilines is 1. The molecule has 0 N–H and O–H groups in total. The monoisotopic (exact) mass is 368 g/mol. The van der Waals surface area contributed by atoms with Gasteiger partial charge in [-0.15, -0.1) is 0 Å². The van der Waals surface area contributed by atoms with Crippen LogP contribution in [0.25, 0.3) is 0 Å². The molecule has 142 valence electrons. The van der Waals surface area contributed by atoms with Crippen molar-refractivity contribution in [2.45, 2.75) is 25.2 Å². The minimum absolute atomic E-state index is 0.0698. The minimum Gasteiger partial charge on any atom is -0.355 e. The predicted molar refractivity (Wildman–Crippen MR) is 100 cm³/mol. The van der Waals surface area contributed by atoms with Crippen molar-refractivity contribution in [1.82, 2.24) is 14.9 Å². The Morgan fingerprint density at radius 2 is 1.85 bits per heavy atom. The first-order valence-corrected chi connectivity index (χ1v) is 9.30. The van der Waals surface area contributed by atoms with Gasteiger partial charge < -0.3 is 19.3 Å². The summed E-state index contributed by atoms with van der Waals surface area (Å²) in [6.07, 6.45) is 2.86. The van der Waals surface area contributed by atoms with Gasteiger partial charge in [-0.2, -0.15) is 0 Å². The zero-order chi connectivity index (χ0) is 18.7. The van der Waals surface area contributed by atoms with Gasteiger partial charge in [-0.25, -0.2) is 9.97 Å². The SMILES string of the molecule is CN(Cc1ccccc1)c1cc(C(=O)N2CCC3(CC2)OCCO3)ncn1. The number of carbonyl (C=O) groups excluding carboxylic acids is 1. The normalized spacial score (nSPS) is 18.6. The van der Waals surface area contributed by atoms with Gasteiger partial charge >= 0.3 is 0 Å². The third-order valence-electron chi connectivity index (χ3n) is 5.15. The number of piperidine rings is 1. The lowest BCUT2D eigenvalue weighted by molar-refractivity contribution is -0.181. The van der Waals surface area contributed by atoms with E-state index in [1.54, 1.807) is 6.07 Å². The molecule has 0 bridgehead atoms. The van der Waals surface area contributed by atoms with Crippen molar-refractivity contribution in [2.24, 2.45) is 0 Å². The highest BCUT2D eigenvalue weighted by atomic mass is 16.7. The van der Waals surface area contributed by atoms with Crippen LogP contribution in [0.5, 0.6) is 0 Å². The van der Waals surface area contributed by atoms with E-state index in [1.807, 2.05) is 35.0 Å². The van der Waals surface area contributed by atoms with Crippen LogP contribution in [0.4, 0.5) is 5.82 Å². The molecule has 1 spiro atoms. The second kappa shape index (κ2) is 7.62. The summed E-state index contributed by atoms with van der Waals surface area (Å²) in [5, 5.41) is 0. The van der Waals surface area contributed by atoms with Crippen molar-refractivity contribution in [2.75, 3.05) is 38.3 Å². The number of ether oxygens (including phenoxy) is 2. The third-order valence-corrected chi connectivity index (χ3v) is 5.15. The fraction of sp³-hybridized carbons (Fsp3) is 0.450. The lowest BCUT2D eigenvalue weighted by Crippen LogP contribution is -2.47. The fourth-order valence-electron chi connectivity index (χ4n) is 3.61. The smallest absolute Gasteiger partial charge is 0.272 e. The van der Waals surface area contributed by atoms with Crippen molar-refractivity contribution >= 4 is 11.7 Å². The predicted octanol–water partition coefficient (Wildman–Crippen LogP) is 2.09. The summed E-state index contributed by atoms with van der Waals surface area (Å²) < 4.78 is 11.5. The summed E-state index contributed by atoms with van der Waals surface area (Å²) in [7, 11) is 1.96. The first-order valence-electron chi connectivity index (χ1n) is 9.30. The van der Waals surface area contributed by atoms with Crippen LogP contribution in [0.3, 0.4) is 0 Å². The van der Waals surface area contributed by atoms with Gasteiger partial charge in [0.1, 0.15) is 17.8 Å². The highest BCUT2D eigenvalue weighted by molar-refractivity contribution is 5.93. The van der Waals surface area contributed by atoms with E-state index in [4.69, 9.17) is 9.47 Å². The molecule has 27 heavy (non-hydrogen) atoms. The van der Waals surface area contributed by atoms with Crippen molar-refractivity contribution in [1.29, 1.82) is 0 Å². The Labute approximate surface area is 158 Å². The zero-order valence-corrected chi connectivity index (χ0v) is 15.5. The molecule has 3 heterocycles. The molecule has 0 unspecified atom stereocenters. The van der Waals surface area contributed by atoms with E-state index in [1.165, 1.54) is 11.9 Å². The molecule has 2 fully saturated rings. The molecule has 0 saturated carbocycles. The molecule has 2 aliphatic rings. The Morgan fingerprint density at radius 3 is 2.56 bits per heavy atom. The topological polar surface area (TPSA) is 67.8 Å². The quantitative estimate of drug-likeness (QED) is 0.823. The molecule has 0 atom stereocenters. The van der Waals surface area contributed by atoms with E-state index in [-0.39, 0.29) is 5.91 Å². The summed E-state index contributed by atoms with van der Waals surface area (Å²) in [6.45, 7) is 3.20. The van der Waals surface area contributed by atoms with E-state index < -0.39 is 5.79 Å². The molecule has 7 heteroatoms. The molecule has 2 aromatic rings. The van der Waals surface area contributed by atoms with Gasteiger partial charge in [0.15, 0.2) is 5.79 Å². The average molecular weight is 368 g/mol. The average Bonchev–Trinajstić information content (AvgIpc) is 3.17. The first-order chi connectivity index (χ1) is 13.2. The van der Waals surface area contributed by atoms with E-state index in [0.717, 1.165) is 5.82 Å². The van der Waals surface area contributed by atoms with Gasteiger partial charge in [0.25, 0.3) is 5.91 Å². The van der Waals surface area contributed by atoms with Gasteiger partial charge in [-0.3, -0.25) is 4.79 Å². The van der Waals surface area contributed by atoms with Crippen LogP contribution < -0.4 is 4.90 Å². The Morgan fingerprint density at radius 1 is 1.15 bits per heavy atom. The number of nitrogens with zero attached hydrogens (tertiary/aromatic N) is 4. The highest BCUT2D eigenvalue weighted by Crippen LogP contribution is 2.31. The molecule has 1 aromatic carbocycles. The van der Waals surface area contributed by atoms with Crippen molar-refractivity contribution in [3.63, 3.8) is 0 Å². The second-order valence-corrected chi connectivity index (χ2v) is 7.00. The Balaban J connectivity index is 1.42. The second-order valence-electron chi connectivity index (χ2n) is 7.00. The van der Waals surface area contributed by atoms with Gasteiger partial charge in [-0.1, -0.05) is 30.3 Å². The molecule has 2 saturated heterocycles. The van der Waals surface area contributed by atoms with E-state index >= 15 is 0 Å². The maximum Gasteiger partial charge on any atom is 0.272 e. The van der Waals surface area contributed by atoms with Crippen LogP contribution >= 0.6 is 0 Å². The number of likely N-dealkylation sites (tertiary alicyclic amines) is 1. The van der Waals surface area contributed by atoms with Crippen molar-refractivity contribution < 1.29 is 14.3 Å². The Hall–Kier alpha value is -2.51. The van der Waals surface area contributed by atoms with Crippen LogP contribution in [-0.2, 0) is 16.0 Å². The summed E-state index contributed by atoms with van der Waals surface area (Å²) in [6, 6.07) is 11.9. The molecule has 2 aliphatic heterocycles. The largest absolute Gasteiger partial charge is 0.355 e. The van der Waals surface area contributed by atoms with Gasteiger partial charge in [0.2, 0.25) is 0 Å². The lowest BCUT2D eigenvalue weighted by atomic mass is 10.0. The van der Waals surface area contributed by atoms with Crippen LogP contribution in [0.1, 0.15) is 28.9 Å². The summed E-state index contributed by atoms with van der Waals surface area (Å²) in [4.78, 5) is 25.2. The molecular formula is C20H24N4O3. The number of amides is 1. The number of rotatable bonds is 4. The van der Waals surface area contributed by atoms with Crippen LogP contribution in [0.15, 0.2) is 42.7 Å². The first kappa shape index (κ1) is 17.9. The van der Waals surface area contributed by atoms with Crippen molar-refractivity contribution in [3.8, 4) is 0 Å². The summed E-state index contributed by atoms with van der Waals surface area (Å²) in [5.74, 6) is 0.177. The van der Waals surface area contributed by atoms with E-state index in [0.29, 0.717) is 51.4 Å². The van der Waals surface area contributed by atoms with Gasteiger partial charge in [0, 0.05) is 45.6 Å². The van der Waals surface area contributed by atoms with Crippen LogP contribution in [0.2, 0.25) is 0 Å². The molecule has 0 aliphatic carbocycles. The highest BCUT2D eigenvalue weighted by Gasteiger charge is 2.41. The third kappa shape index (κ3) is 3.94. The number of carbonyl (C=O) groups is 1. The number of aromatic nitrogens is 2.